The van der Waals surface area contributed by atoms with Gasteiger partial charge in [0.1, 0.15) is 0 Å². The lowest BCUT2D eigenvalue weighted by atomic mass is 9.94. The molecule has 1 heterocycles. The number of esters is 6. The largest absolute Gasteiger partial charge is 0.465 e. The van der Waals surface area contributed by atoms with Crippen LogP contribution in [0.5, 0.6) is 0 Å². The maximum atomic E-state index is 13.1. The summed E-state index contributed by atoms with van der Waals surface area (Å²) in [6.45, 7) is 17.6. The second-order valence-corrected chi connectivity index (χ2v) is 26.9. The summed E-state index contributed by atoms with van der Waals surface area (Å²) in [6.07, 6.45) is 37.0. The zero-order chi connectivity index (χ0) is 68.2. The maximum Gasteiger partial charge on any atom is 0.336 e. The normalized spacial score (nSPS) is 14.0. The highest BCUT2D eigenvalue weighted by molar-refractivity contribution is 5.76. The van der Waals surface area contributed by atoms with E-state index < -0.39 is 36.2 Å². The quantitative estimate of drug-likeness (QED) is 0.0292. The lowest BCUT2D eigenvalue weighted by Crippen LogP contribution is -2.52. The van der Waals surface area contributed by atoms with Crippen molar-refractivity contribution in [1.82, 2.24) is 14.7 Å². The van der Waals surface area contributed by atoms with E-state index in [1.54, 1.807) is 4.90 Å². The summed E-state index contributed by atoms with van der Waals surface area (Å²) in [5, 5.41) is 33.0. The third-order valence-corrected chi connectivity index (χ3v) is 18.3. The van der Waals surface area contributed by atoms with Gasteiger partial charge in [-0.3, -0.25) is 29.1 Å². The van der Waals surface area contributed by atoms with Crippen molar-refractivity contribution in [2.75, 3.05) is 98.5 Å². The molecule has 0 amide bonds. The van der Waals surface area contributed by atoms with E-state index in [9.17, 15) is 44.1 Å². The molecule has 1 aliphatic rings. The summed E-state index contributed by atoms with van der Waals surface area (Å²) in [7, 11) is 0. The van der Waals surface area contributed by atoms with Gasteiger partial charge in [-0.15, -0.1) is 0 Å². The van der Waals surface area contributed by atoms with Crippen LogP contribution in [0.2, 0.25) is 0 Å². The number of hydrogen-bond acceptors (Lipinski definition) is 18. The van der Waals surface area contributed by atoms with Gasteiger partial charge in [0.15, 0.2) is 18.3 Å². The summed E-state index contributed by atoms with van der Waals surface area (Å²) in [4.78, 5) is 83.8. The molecular formula is C75H141N3O15. The Hall–Kier alpha value is -3.42. The van der Waals surface area contributed by atoms with Crippen LogP contribution in [0, 0.1) is 17.8 Å². The standard InChI is InChI=1S/C75H141N3O15/c1-7-13-19-31-43-64(44-32-20-14-8-2)70(82)88-55-37-25-28-40-58-91-73(85)67(79)61-77-52-49-76(50-53-77)51-54-78(62-68(80)74(86)92-59-41-29-26-38-56-89-71(83)65(45-33-21-15-9-3)46-34-22-16-10-4)63-69(81)75(87)93-60-42-30-27-39-57-90-72(84)66(47-35-23-17-11-5)48-36-24-18-12-6/h64-69,79-81H,7-63H2,1-6H3. The molecule has 18 heteroatoms. The highest BCUT2D eigenvalue weighted by Crippen LogP contribution is 2.24. The number of piperazine rings is 1. The molecule has 0 aromatic heterocycles. The number of aliphatic hydroxyl groups is 3. The first-order valence-electron chi connectivity index (χ1n) is 38.5. The van der Waals surface area contributed by atoms with Crippen LogP contribution in [-0.4, -0.2) is 183 Å². The van der Waals surface area contributed by atoms with Crippen molar-refractivity contribution in [2.45, 2.75) is 330 Å². The molecule has 0 saturated carbocycles. The van der Waals surface area contributed by atoms with Crippen LogP contribution in [0.4, 0.5) is 0 Å². The smallest absolute Gasteiger partial charge is 0.336 e. The summed E-state index contributed by atoms with van der Waals surface area (Å²) < 4.78 is 33.6. The SMILES string of the molecule is CCCCCCC(CCCCCC)C(=O)OCCCCCCOC(=O)C(O)CN1CCN(CCN(CC(O)C(=O)OCCCCCCOC(=O)C(CCCCCC)CCCCCC)CC(O)C(=O)OCCCCCCOC(=O)C(CCCCCC)CCCCCC)CC1. The van der Waals surface area contributed by atoms with Gasteiger partial charge in [-0.25, -0.2) is 14.4 Å². The minimum Gasteiger partial charge on any atom is -0.465 e. The topological polar surface area (TPSA) is 228 Å². The molecule has 3 unspecified atom stereocenters. The molecule has 3 N–H and O–H groups in total. The minimum atomic E-state index is -1.53. The van der Waals surface area contributed by atoms with Crippen LogP contribution in [0.1, 0.15) is 311 Å². The van der Waals surface area contributed by atoms with E-state index in [1.165, 1.54) is 51.4 Å². The van der Waals surface area contributed by atoms with E-state index in [0.717, 1.165) is 186 Å². The lowest BCUT2D eigenvalue weighted by Gasteiger charge is -2.36. The van der Waals surface area contributed by atoms with Gasteiger partial charge in [0.05, 0.1) is 57.4 Å². The number of ether oxygens (including phenoxy) is 6. The predicted octanol–water partition coefficient (Wildman–Crippen LogP) is 14.6. The van der Waals surface area contributed by atoms with Gasteiger partial charge in [-0.05, 0) is 116 Å². The molecule has 0 radical (unpaired) electrons. The van der Waals surface area contributed by atoms with Gasteiger partial charge < -0.3 is 43.7 Å². The zero-order valence-corrected chi connectivity index (χ0v) is 60.4. The Kier molecular flexibility index (Phi) is 58.5. The number of aliphatic hydroxyl groups excluding tert-OH is 3. The molecule has 93 heavy (non-hydrogen) atoms. The first-order valence-corrected chi connectivity index (χ1v) is 38.5. The molecule has 1 saturated heterocycles. The molecule has 546 valence electrons. The Balaban J connectivity index is 2.68. The third-order valence-electron chi connectivity index (χ3n) is 18.3. The molecule has 0 aliphatic carbocycles. The van der Waals surface area contributed by atoms with Crippen LogP contribution in [0.25, 0.3) is 0 Å². The zero-order valence-electron chi connectivity index (χ0n) is 60.4. The molecule has 3 atom stereocenters. The van der Waals surface area contributed by atoms with E-state index in [2.05, 4.69) is 46.4 Å². The van der Waals surface area contributed by atoms with E-state index >= 15 is 0 Å². The first-order chi connectivity index (χ1) is 45.2. The Morgan fingerprint density at radius 2 is 0.527 bits per heavy atom. The minimum absolute atomic E-state index is 0.0141. The Labute approximate surface area is 566 Å². The van der Waals surface area contributed by atoms with Crippen LogP contribution < -0.4 is 0 Å². The summed E-state index contributed by atoms with van der Waals surface area (Å²) in [5.74, 6) is -2.56. The Morgan fingerprint density at radius 1 is 0.301 bits per heavy atom. The van der Waals surface area contributed by atoms with Crippen molar-refractivity contribution in [2.24, 2.45) is 17.8 Å². The number of β-amino-alcohol motifs (C(OH)–C–C–N with tert-alkyl or cyclic N) is 1. The van der Waals surface area contributed by atoms with Crippen LogP contribution >= 0.6 is 0 Å². The molecule has 1 fully saturated rings. The van der Waals surface area contributed by atoms with Crippen LogP contribution in [0.15, 0.2) is 0 Å². The van der Waals surface area contributed by atoms with E-state index in [0.29, 0.717) is 91.2 Å². The van der Waals surface area contributed by atoms with Gasteiger partial charge in [0, 0.05) is 58.9 Å². The van der Waals surface area contributed by atoms with Gasteiger partial charge in [-0.2, -0.15) is 0 Å². The average molecular weight is 1320 g/mol. The van der Waals surface area contributed by atoms with Gasteiger partial charge >= 0.3 is 35.8 Å². The number of rotatable bonds is 66. The van der Waals surface area contributed by atoms with Crippen molar-refractivity contribution in [3.8, 4) is 0 Å². The molecular weight excluding hydrogens is 1180 g/mol. The van der Waals surface area contributed by atoms with Gasteiger partial charge in [-0.1, -0.05) is 196 Å². The summed E-state index contributed by atoms with van der Waals surface area (Å²) in [5.41, 5.74) is 0. The molecule has 0 bridgehead atoms. The monoisotopic (exact) mass is 1320 g/mol. The highest BCUT2D eigenvalue weighted by atomic mass is 16.6. The highest BCUT2D eigenvalue weighted by Gasteiger charge is 2.29. The molecule has 18 nitrogen and oxygen atoms in total. The summed E-state index contributed by atoms with van der Waals surface area (Å²) in [6, 6.07) is 0. The first kappa shape index (κ1) is 87.6. The van der Waals surface area contributed by atoms with Crippen molar-refractivity contribution in [3.63, 3.8) is 0 Å². The van der Waals surface area contributed by atoms with Crippen molar-refractivity contribution in [3.05, 3.63) is 0 Å². The lowest BCUT2D eigenvalue weighted by molar-refractivity contribution is -0.157. The van der Waals surface area contributed by atoms with Crippen LogP contribution in [-0.2, 0) is 57.2 Å². The van der Waals surface area contributed by atoms with Crippen molar-refractivity contribution >= 4 is 35.8 Å². The Bertz CT molecular complexity index is 1690. The molecule has 0 aromatic carbocycles. The molecule has 1 aliphatic heterocycles. The molecule has 0 aromatic rings. The van der Waals surface area contributed by atoms with Gasteiger partial charge in [0.25, 0.3) is 0 Å². The average Bonchev–Trinajstić information content (AvgIpc) is 2.36. The van der Waals surface area contributed by atoms with E-state index in [-0.39, 0.29) is 75.1 Å². The maximum absolute atomic E-state index is 13.1. The number of carbonyl (C=O) groups excluding carboxylic acids is 6. The number of unbranched alkanes of at least 4 members (excludes halogenated alkanes) is 27. The Morgan fingerprint density at radius 3 is 0.785 bits per heavy atom. The number of nitrogens with zero attached hydrogens (tertiary/aromatic N) is 3. The number of carbonyl (C=O) groups is 6. The second-order valence-electron chi connectivity index (χ2n) is 26.9. The number of hydrogen-bond donors (Lipinski definition) is 3. The molecule has 0 spiro atoms. The fourth-order valence-electron chi connectivity index (χ4n) is 12.1. The van der Waals surface area contributed by atoms with Gasteiger partial charge in [0.2, 0.25) is 0 Å². The van der Waals surface area contributed by atoms with E-state index in [1.807, 2.05) is 4.90 Å². The fourth-order valence-corrected chi connectivity index (χ4v) is 12.1. The fraction of sp³-hybridized carbons (Fsp3) is 0.920. The molecule has 1 rings (SSSR count). The van der Waals surface area contributed by atoms with Crippen LogP contribution in [0.3, 0.4) is 0 Å². The van der Waals surface area contributed by atoms with Crippen molar-refractivity contribution < 1.29 is 72.5 Å². The second kappa shape index (κ2) is 62.1. The third kappa shape index (κ3) is 48.9. The van der Waals surface area contributed by atoms with E-state index in [4.69, 9.17) is 28.4 Å². The summed E-state index contributed by atoms with van der Waals surface area (Å²) >= 11 is 0. The predicted molar refractivity (Wildman–Crippen MR) is 372 cm³/mol. The van der Waals surface area contributed by atoms with Crippen molar-refractivity contribution in [1.29, 1.82) is 0 Å².